The van der Waals surface area contributed by atoms with Gasteiger partial charge in [-0.2, -0.15) is 0 Å². The molecule has 21 heavy (non-hydrogen) atoms. The zero-order valence-electron chi connectivity index (χ0n) is 12.6. The van der Waals surface area contributed by atoms with Gasteiger partial charge in [-0.25, -0.2) is 4.79 Å². The largest absolute Gasteiger partial charge is 0.466 e. The lowest BCUT2D eigenvalue weighted by molar-refractivity contribution is 0.496. The number of aryl methyl sites for hydroxylation is 3. The molecule has 1 unspecified atom stereocenters. The average Bonchev–Trinajstić information content (AvgIpc) is 2.91. The first kappa shape index (κ1) is 13.7. The molecule has 0 spiro atoms. The van der Waals surface area contributed by atoms with E-state index in [-0.39, 0.29) is 11.8 Å². The van der Waals surface area contributed by atoms with Crippen molar-refractivity contribution in [3.05, 3.63) is 57.5 Å². The quantitative estimate of drug-likeness (QED) is 0.804. The molecule has 0 aliphatic carbocycles. The summed E-state index contributed by atoms with van der Waals surface area (Å²) in [5.74, 6) is 1.43. The second-order valence-electron chi connectivity index (χ2n) is 5.24. The van der Waals surface area contributed by atoms with Gasteiger partial charge in [-0.3, -0.25) is 4.57 Å². The molecule has 110 valence electrons. The van der Waals surface area contributed by atoms with Crippen LogP contribution in [0.15, 0.2) is 37.9 Å². The lowest BCUT2D eigenvalue weighted by Crippen LogP contribution is -2.17. The average molecular weight is 286 g/mol. The van der Waals surface area contributed by atoms with Crippen molar-refractivity contribution in [3.8, 4) is 0 Å². The van der Waals surface area contributed by atoms with E-state index in [4.69, 9.17) is 8.83 Å². The van der Waals surface area contributed by atoms with Gasteiger partial charge in [0.25, 0.3) is 0 Å². The monoisotopic (exact) mass is 286 g/mol. The minimum absolute atomic E-state index is 0.00245. The fraction of sp³-hybridized carbons (Fsp3) is 0.312. The van der Waals surface area contributed by atoms with Gasteiger partial charge in [0.2, 0.25) is 0 Å². The number of fused-ring (bicyclic) bond motifs is 1. The van der Waals surface area contributed by atoms with Gasteiger partial charge < -0.3 is 14.2 Å². The SMILES string of the molecule is CNC(c1ccc2c(c1)oc(=O)n2C)c1cc(C)oc1C. The van der Waals surface area contributed by atoms with E-state index in [1.807, 2.05) is 45.2 Å². The summed E-state index contributed by atoms with van der Waals surface area (Å²) in [6, 6.07) is 7.83. The highest BCUT2D eigenvalue weighted by Gasteiger charge is 2.19. The van der Waals surface area contributed by atoms with Crippen LogP contribution in [0.2, 0.25) is 0 Å². The van der Waals surface area contributed by atoms with Crippen LogP contribution in [0.4, 0.5) is 0 Å². The van der Waals surface area contributed by atoms with Crippen molar-refractivity contribution in [2.45, 2.75) is 19.9 Å². The van der Waals surface area contributed by atoms with E-state index in [0.717, 1.165) is 28.2 Å². The van der Waals surface area contributed by atoms with E-state index in [0.29, 0.717) is 5.58 Å². The van der Waals surface area contributed by atoms with Crippen molar-refractivity contribution in [3.63, 3.8) is 0 Å². The van der Waals surface area contributed by atoms with Crippen LogP contribution in [0, 0.1) is 13.8 Å². The highest BCUT2D eigenvalue weighted by Crippen LogP contribution is 2.28. The normalized spacial score (nSPS) is 13.0. The molecule has 5 heteroatoms. The van der Waals surface area contributed by atoms with E-state index in [2.05, 4.69) is 5.32 Å². The summed E-state index contributed by atoms with van der Waals surface area (Å²) < 4.78 is 12.4. The highest BCUT2D eigenvalue weighted by molar-refractivity contribution is 5.74. The fourth-order valence-corrected chi connectivity index (χ4v) is 2.77. The number of nitrogens with zero attached hydrogens (tertiary/aromatic N) is 1. The van der Waals surface area contributed by atoms with E-state index < -0.39 is 0 Å². The third-order valence-corrected chi connectivity index (χ3v) is 3.83. The zero-order chi connectivity index (χ0) is 15.1. The first-order chi connectivity index (χ1) is 10.0. The molecule has 1 N–H and O–H groups in total. The lowest BCUT2D eigenvalue weighted by Gasteiger charge is -2.16. The van der Waals surface area contributed by atoms with Gasteiger partial charge >= 0.3 is 5.76 Å². The van der Waals surface area contributed by atoms with Gasteiger partial charge in [0, 0.05) is 12.6 Å². The molecule has 3 aromatic rings. The Labute approximate surface area is 122 Å². The summed E-state index contributed by atoms with van der Waals surface area (Å²) in [6.07, 6.45) is 0. The number of hydrogen-bond acceptors (Lipinski definition) is 4. The topological polar surface area (TPSA) is 60.3 Å². The van der Waals surface area contributed by atoms with Crippen LogP contribution in [0.3, 0.4) is 0 Å². The third-order valence-electron chi connectivity index (χ3n) is 3.83. The van der Waals surface area contributed by atoms with Crippen molar-refractivity contribution in [1.29, 1.82) is 0 Å². The number of rotatable bonds is 3. The second-order valence-corrected chi connectivity index (χ2v) is 5.24. The smallest absolute Gasteiger partial charge is 0.419 e. The minimum atomic E-state index is -0.349. The predicted molar refractivity (Wildman–Crippen MR) is 80.5 cm³/mol. The first-order valence-corrected chi connectivity index (χ1v) is 6.85. The Kier molecular flexibility index (Phi) is 3.22. The molecule has 0 saturated carbocycles. The number of oxazole rings is 1. The molecular weight excluding hydrogens is 268 g/mol. The third kappa shape index (κ3) is 2.19. The molecule has 5 nitrogen and oxygen atoms in total. The molecule has 0 bridgehead atoms. The van der Waals surface area contributed by atoms with Crippen molar-refractivity contribution < 1.29 is 8.83 Å². The standard InChI is InChI=1S/C16H18N2O3/c1-9-7-12(10(2)20-9)15(17-3)11-5-6-13-14(8-11)21-16(19)18(13)4/h5-8,15,17H,1-4H3. The Morgan fingerprint density at radius 2 is 1.95 bits per heavy atom. The van der Waals surface area contributed by atoms with Gasteiger partial charge in [-0.15, -0.1) is 0 Å². The van der Waals surface area contributed by atoms with Gasteiger partial charge in [-0.1, -0.05) is 6.07 Å². The van der Waals surface area contributed by atoms with Crippen LogP contribution in [-0.2, 0) is 7.05 Å². The molecule has 0 amide bonds. The van der Waals surface area contributed by atoms with Crippen LogP contribution in [0.1, 0.15) is 28.7 Å². The van der Waals surface area contributed by atoms with Gasteiger partial charge in [0.15, 0.2) is 5.58 Å². The number of nitrogens with one attached hydrogen (secondary N) is 1. The maximum absolute atomic E-state index is 11.6. The van der Waals surface area contributed by atoms with Gasteiger partial charge in [0.05, 0.1) is 11.6 Å². The van der Waals surface area contributed by atoms with Crippen molar-refractivity contribution in [1.82, 2.24) is 9.88 Å². The molecule has 1 aromatic carbocycles. The molecule has 2 heterocycles. The van der Waals surface area contributed by atoms with Crippen LogP contribution in [0.5, 0.6) is 0 Å². The summed E-state index contributed by atoms with van der Waals surface area (Å²) >= 11 is 0. The maximum Gasteiger partial charge on any atom is 0.419 e. The molecule has 0 fully saturated rings. The minimum Gasteiger partial charge on any atom is -0.466 e. The van der Waals surface area contributed by atoms with Crippen LogP contribution < -0.4 is 11.1 Å². The maximum atomic E-state index is 11.6. The van der Waals surface area contributed by atoms with Crippen LogP contribution in [0.25, 0.3) is 11.1 Å². The van der Waals surface area contributed by atoms with E-state index >= 15 is 0 Å². The molecule has 3 rings (SSSR count). The Morgan fingerprint density at radius 3 is 2.57 bits per heavy atom. The Hall–Kier alpha value is -2.27. The summed E-state index contributed by atoms with van der Waals surface area (Å²) in [6.45, 7) is 3.89. The summed E-state index contributed by atoms with van der Waals surface area (Å²) in [5, 5.41) is 3.29. The second kappa shape index (κ2) is 4.93. The summed E-state index contributed by atoms with van der Waals surface area (Å²) in [4.78, 5) is 11.6. The number of aromatic nitrogens is 1. The van der Waals surface area contributed by atoms with Crippen molar-refractivity contribution in [2.24, 2.45) is 7.05 Å². The van der Waals surface area contributed by atoms with Gasteiger partial charge in [-0.05, 0) is 44.7 Å². The first-order valence-electron chi connectivity index (χ1n) is 6.85. The molecule has 0 saturated heterocycles. The lowest BCUT2D eigenvalue weighted by atomic mass is 9.99. The van der Waals surface area contributed by atoms with Crippen LogP contribution in [-0.4, -0.2) is 11.6 Å². The highest BCUT2D eigenvalue weighted by atomic mass is 16.4. The molecule has 1 atom stereocenters. The van der Waals surface area contributed by atoms with E-state index in [1.54, 1.807) is 7.05 Å². The van der Waals surface area contributed by atoms with Crippen LogP contribution >= 0.6 is 0 Å². The molecule has 0 radical (unpaired) electrons. The number of hydrogen-bond donors (Lipinski definition) is 1. The number of benzene rings is 1. The number of furan rings is 1. The molecular formula is C16H18N2O3. The Bertz CT molecular complexity index is 854. The van der Waals surface area contributed by atoms with E-state index in [1.165, 1.54) is 4.57 Å². The molecule has 0 aliphatic heterocycles. The van der Waals surface area contributed by atoms with Crippen molar-refractivity contribution in [2.75, 3.05) is 7.05 Å². The van der Waals surface area contributed by atoms with Gasteiger partial charge in [0.1, 0.15) is 11.5 Å². The van der Waals surface area contributed by atoms with Crippen molar-refractivity contribution >= 4 is 11.1 Å². The van der Waals surface area contributed by atoms with E-state index in [9.17, 15) is 4.79 Å². The predicted octanol–water partition coefficient (Wildman–Crippen LogP) is 2.65. The fourth-order valence-electron chi connectivity index (χ4n) is 2.77. The molecule has 0 aliphatic rings. The molecule has 2 aromatic heterocycles. The Morgan fingerprint density at radius 1 is 1.19 bits per heavy atom. The Balaban J connectivity index is 2.13. The summed E-state index contributed by atoms with van der Waals surface area (Å²) in [5.41, 5.74) is 3.51. The summed E-state index contributed by atoms with van der Waals surface area (Å²) in [7, 11) is 3.60. The zero-order valence-corrected chi connectivity index (χ0v) is 12.6.